The molecule has 0 aromatic heterocycles. The molecular weight excluding hydrogens is 623 g/mol. The van der Waals surface area contributed by atoms with Gasteiger partial charge in [0.1, 0.15) is 0 Å². The molecule has 4 aromatic rings. The predicted molar refractivity (Wildman–Crippen MR) is 174 cm³/mol. The van der Waals surface area contributed by atoms with Crippen LogP contribution in [0.4, 0.5) is 0 Å². The second-order valence-corrected chi connectivity index (χ2v) is 11.4. The summed E-state index contributed by atoms with van der Waals surface area (Å²) in [6, 6.07) is 32.5. The summed E-state index contributed by atoms with van der Waals surface area (Å²) in [4.78, 5) is 28.8. The summed E-state index contributed by atoms with van der Waals surface area (Å²) in [5.41, 5.74) is 10.2. The van der Waals surface area contributed by atoms with Crippen molar-refractivity contribution in [3.63, 3.8) is 0 Å². The first-order chi connectivity index (χ1) is 20.1. The number of benzene rings is 4. The Hall–Kier alpha value is -3.27. The molecule has 0 radical (unpaired) electrons. The lowest BCUT2D eigenvalue weighted by atomic mass is 9.90. The number of nitrogens with two attached hydrogens (primary N) is 1. The molecule has 0 bridgehead atoms. The number of amides is 2. The number of alkyl halides is 1. The summed E-state index contributed by atoms with van der Waals surface area (Å²) in [6.07, 6.45) is 1.28. The highest BCUT2D eigenvalue weighted by atomic mass is 127. The molecule has 1 aliphatic heterocycles. The Balaban J connectivity index is 1.28. The zero-order chi connectivity index (χ0) is 28.6. The van der Waals surface area contributed by atoms with E-state index in [0.717, 1.165) is 21.6 Å². The Bertz CT molecular complexity index is 1420. The lowest BCUT2D eigenvalue weighted by Gasteiger charge is -2.29. The topological polar surface area (TPSA) is 87.5 Å². The van der Waals surface area contributed by atoms with Gasteiger partial charge in [0.25, 0.3) is 5.91 Å². The van der Waals surface area contributed by atoms with Gasteiger partial charge in [0.05, 0.1) is 6.04 Å². The summed E-state index contributed by atoms with van der Waals surface area (Å²) >= 11 is 2.36. The Morgan fingerprint density at radius 2 is 1.61 bits per heavy atom. The molecule has 212 valence electrons. The van der Waals surface area contributed by atoms with Crippen LogP contribution in [0.2, 0.25) is 0 Å². The number of nitrogens with one attached hydrogen (secondary N) is 2. The van der Waals surface area contributed by atoms with E-state index >= 15 is 0 Å². The van der Waals surface area contributed by atoms with E-state index < -0.39 is 0 Å². The van der Waals surface area contributed by atoms with Crippen molar-refractivity contribution < 1.29 is 9.59 Å². The third-order valence-corrected chi connectivity index (χ3v) is 8.77. The molecule has 0 unspecified atom stereocenters. The molecule has 0 spiro atoms. The summed E-state index contributed by atoms with van der Waals surface area (Å²) < 4.78 is 0.953. The van der Waals surface area contributed by atoms with Crippen molar-refractivity contribution in [2.75, 3.05) is 26.2 Å². The van der Waals surface area contributed by atoms with E-state index in [4.69, 9.17) is 5.73 Å². The number of hydrogen-bond donors (Lipinski definition) is 3. The van der Waals surface area contributed by atoms with Crippen LogP contribution in [0.15, 0.2) is 97.1 Å². The van der Waals surface area contributed by atoms with Gasteiger partial charge in [-0.25, -0.2) is 0 Å². The maximum Gasteiger partial charge on any atom is 0.251 e. The normalized spacial score (nSPS) is 17.5. The SMILES string of the molecule is NCC[C@@H]1N[C@H](CNC(=O)c2ccc3cc(CI)ccc3c2)CCN(CC(c2ccccc2)c2ccccc2)C1=O. The molecule has 4 aromatic carbocycles. The van der Waals surface area contributed by atoms with Crippen LogP contribution in [-0.2, 0) is 9.22 Å². The minimum Gasteiger partial charge on any atom is -0.350 e. The van der Waals surface area contributed by atoms with E-state index in [1.54, 1.807) is 0 Å². The third-order valence-electron chi connectivity index (χ3n) is 7.89. The molecule has 0 saturated carbocycles. The Morgan fingerprint density at radius 3 is 2.27 bits per heavy atom. The van der Waals surface area contributed by atoms with E-state index in [2.05, 4.69) is 75.7 Å². The van der Waals surface area contributed by atoms with Crippen LogP contribution in [0.1, 0.15) is 45.8 Å². The largest absolute Gasteiger partial charge is 0.350 e. The van der Waals surface area contributed by atoms with E-state index in [0.29, 0.717) is 38.2 Å². The summed E-state index contributed by atoms with van der Waals surface area (Å²) in [6.45, 7) is 2.05. The van der Waals surface area contributed by atoms with Gasteiger partial charge in [-0.05, 0) is 59.0 Å². The number of halogens is 1. The van der Waals surface area contributed by atoms with Gasteiger partial charge in [-0.15, -0.1) is 0 Å². The highest BCUT2D eigenvalue weighted by molar-refractivity contribution is 14.1. The molecule has 1 saturated heterocycles. The first kappa shape index (κ1) is 29.2. The quantitative estimate of drug-likeness (QED) is 0.160. The average Bonchev–Trinajstić information content (AvgIpc) is 3.17. The Morgan fingerprint density at radius 1 is 0.951 bits per heavy atom. The molecule has 1 heterocycles. The van der Waals surface area contributed by atoms with Gasteiger partial charge in [-0.3, -0.25) is 9.59 Å². The van der Waals surface area contributed by atoms with Crippen molar-refractivity contribution in [2.24, 2.45) is 5.73 Å². The summed E-state index contributed by atoms with van der Waals surface area (Å²) in [5, 5.41) is 8.80. The van der Waals surface area contributed by atoms with E-state index in [-0.39, 0.29) is 29.8 Å². The molecular formula is C34H37IN4O2. The fraction of sp³-hybridized carbons (Fsp3) is 0.294. The Kier molecular flexibility index (Phi) is 10.0. The fourth-order valence-electron chi connectivity index (χ4n) is 5.63. The number of nitrogens with zero attached hydrogens (tertiary/aromatic N) is 1. The average molecular weight is 661 g/mol. The van der Waals surface area contributed by atoms with Gasteiger partial charge in [0.2, 0.25) is 5.91 Å². The maximum absolute atomic E-state index is 13.7. The number of rotatable bonds is 10. The van der Waals surface area contributed by atoms with Gasteiger partial charge < -0.3 is 21.3 Å². The minimum atomic E-state index is -0.385. The first-order valence-electron chi connectivity index (χ1n) is 14.3. The molecule has 7 heteroatoms. The molecule has 4 N–H and O–H groups in total. The monoisotopic (exact) mass is 660 g/mol. The smallest absolute Gasteiger partial charge is 0.251 e. The fourth-order valence-corrected chi connectivity index (χ4v) is 6.10. The van der Waals surface area contributed by atoms with Crippen molar-refractivity contribution in [1.29, 1.82) is 0 Å². The van der Waals surface area contributed by atoms with Crippen molar-refractivity contribution >= 4 is 45.2 Å². The maximum atomic E-state index is 13.7. The Labute approximate surface area is 255 Å². The van der Waals surface area contributed by atoms with Crippen molar-refractivity contribution in [3.8, 4) is 0 Å². The second kappa shape index (κ2) is 14.1. The number of hydrogen-bond acceptors (Lipinski definition) is 4. The van der Waals surface area contributed by atoms with Crippen molar-refractivity contribution in [3.05, 3.63) is 119 Å². The lowest BCUT2D eigenvalue weighted by Crippen LogP contribution is -2.49. The van der Waals surface area contributed by atoms with Gasteiger partial charge in [0, 0.05) is 41.6 Å². The molecule has 5 rings (SSSR count). The highest BCUT2D eigenvalue weighted by Gasteiger charge is 2.32. The van der Waals surface area contributed by atoms with E-state index in [1.165, 1.54) is 16.7 Å². The summed E-state index contributed by atoms with van der Waals surface area (Å²) in [7, 11) is 0. The van der Waals surface area contributed by atoms with Gasteiger partial charge in [-0.2, -0.15) is 0 Å². The molecule has 2 atom stereocenters. The van der Waals surface area contributed by atoms with Gasteiger partial charge in [0.15, 0.2) is 0 Å². The highest BCUT2D eigenvalue weighted by Crippen LogP contribution is 2.27. The molecule has 6 nitrogen and oxygen atoms in total. The van der Waals surface area contributed by atoms with Crippen LogP contribution in [0.3, 0.4) is 0 Å². The number of carbonyl (C=O) groups is 2. The predicted octanol–water partition coefficient (Wildman–Crippen LogP) is 5.24. The second-order valence-electron chi connectivity index (χ2n) is 10.7. The van der Waals surface area contributed by atoms with E-state index in [1.807, 2.05) is 59.5 Å². The molecule has 2 amide bonds. The summed E-state index contributed by atoms with van der Waals surface area (Å²) in [5.74, 6) is 0.0289. The van der Waals surface area contributed by atoms with E-state index in [9.17, 15) is 9.59 Å². The third kappa shape index (κ3) is 7.33. The van der Waals surface area contributed by atoms with Crippen LogP contribution in [0, 0.1) is 0 Å². The zero-order valence-corrected chi connectivity index (χ0v) is 25.3. The zero-order valence-electron chi connectivity index (χ0n) is 23.1. The standard InChI is InChI=1S/C34H37IN4O2/c35-21-24-11-12-28-20-29(14-13-27(28)19-24)33(40)37-22-30-16-18-39(34(41)32(38-30)15-17-36)23-31(25-7-3-1-4-8-25)26-9-5-2-6-10-26/h1-14,19-20,30-32,38H,15-18,21-23,36H2,(H,37,40)/t30-,32-/m0/s1. The first-order valence-corrected chi connectivity index (χ1v) is 15.8. The molecule has 1 fully saturated rings. The van der Waals surface area contributed by atoms with Crippen LogP contribution in [0.25, 0.3) is 10.8 Å². The van der Waals surface area contributed by atoms with Crippen LogP contribution in [-0.4, -0.2) is 55.0 Å². The van der Waals surface area contributed by atoms with Crippen molar-refractivity contribution in [1.82, 2.24) is 15.5 Å². The molecule has 0 aliphatic carbocycles. The number of carbonyl (C=O) groups excluding carboxylic acids is 2. The van der Waals surface area contributed by atoms with Gasteiger partial charge >= 0.3 is 0 Å². The van der Waals surface area contributed by atoms with Gasteiger partial charge in [-0.1, -0.05) is 108 Å². The lowest BCUT2D eigenvalue weighted by molar-refractivity contribution is -0.133. The van der Waals surface area contributed by atoms with Crippen molar-refractivity contribution in [2.45, 2.75) is 35.3 Å². The molecule has 1 aliphatic rings. The number of fused-ring (bicyclic) bond motifs is 1. The minimum absolute atomic E-state index is 0.0389. The van der Waals surface area contributed by atoms with Crippen LogP contribution >= 0.6 is 22.6 Å². The molecule has 41 heavy (non-hydrogen) atoms. The van der Waals surface area contributed by atoms with Crippen LogP contribution in [0.5, 0.6) is 0 Å². The van der Waals surface area contributed by atoms with Crippen LogP contribution < -0.4 is 16.4 Å².